The number of carbonyl (C=O) groups excluding carboxylic acids is 2. The van der Waals surface area contributed by atoms with Crippen molar-refractivity contribution in [1.82, 2.24) is 10.2 Å². The summed E-state index contributed by atoms with van der Waals surface area (Å²) in [4.78, 5) is 29.2. The summed E-state index contributed by atoms with van der Waals surface area (Å²) >= 11 is 0. The molecule has 2 aliphatic heterocycles. The van der Waals surface area contributed by atoms with Crippen molar-refractivity contribution >= 4 is 17.5 Å². The van der Waals surface area contributed by atoms with Gasteiger partial charge in [-0.05, 0) is 55.4 Å². The zero-order valence-electron chi connectivity index (χ0n) is 20.4. The van der Waals surface area contributed by atoms with Gasteiger partial charge in [0.15, 0.2) is 0 Å². The van der Waals surface area contributed by atoms with Crippen LogP contribution in [0, 0.1) is 23.7 Å². The normalized spacial score (nSPS) is 19.3. The Morgan fingerprint density at radius 3 is 2.50 bits per heavy atom. The predicted octanol–water partition coefficient (Wildman–Crippen LogP) is 4.06. The van der Waals surface area contributed by atoms with E-state index in [9.17, 15) is 22.8 Å². The topological polar surface area (TPSA) is 76.4 Å². The smallest absolute Gasteiger partial charge is 0.359 e. The molecule has 1 unspecified atom stereocenters. The minimum absolute atomic E-state index is 0.0510. The predicted molar refractivity (Wildman–Crippen MR) is 129 cm³/mol. The molecule has 2 saturated heterocycles. The summed E-state index contributed by atoms with van der Waals surface area (Å²) in [5.41, 5.74) is 0.593. The van der Waals surface area contributed by atoms with Crippen LogP contribution in [0.2, 0.25) is 0 Å². The number of likely N-dealkylation sites (N-methyl/N-ethyl adjacent to an activating group) is 1. The van der Waals surface area contributed by atoms with Crippen LogP contribution >= 0.6 is 0 Å². The maximum atomic E-state index is 13.6. The van der Waals surface area contributed by atoms with Gasteiger partial charge in [-0.2, -0.15) is 18.4 Å². The third-order valence-electron chi connectivity index (χ3n) is 7.43. The van der Waals surface area contributed by atoms with E-state index in [0.29, 0.717) is 45.3 Å². The zero-order chi connectivity index (χ0) is 26.1. The van der Waals surface area contributed by atoms with Crippen LogP contribution in [0.4, 0.5) is 18.9 Å². The summed E-state index contributed by atoms with van der Waals surface area (Å²) in [6.07, 6.45) is -2.52. The Morgan fingerprint density at radius 1 is 1.17 bits per heavy atom. The summed E-state index contributed by atoms with van der Waals surface area (Å²) in [5.74, 6) is -0.210. The van der Waals surface area contributed by atoms with Crippen molar-refractivity contribution in [1.29, 1.82) is 5.26 Å². The van der Waals surface area contributed by atoms with Crippen molar-refractivity contribution < 1.29 is 22.8 Å². The Balaban J connectivity index is 1.52. The number of carbonyl (C=O) groups is 2. The number of alkyl halides is 3. The molecule has 2 aromatic carbocycles. The molecule has 2 aliphatic rings. The SMILES string of the molecule is CNC(=O)C1CC2(CCN(C(=O)Cc3cccc(C)c3)CC2)CN1c1ccc(C#N)c(C(F)(F)F)c1. The Hall–Kier alpha value is -3.54. The molecule has 0 aromatic heterocycles. The molecular weight excluding hydrogens is 469 g/mol. The van der Waals surface area contributed by atoms with Crippen molar-refractivity contribution in [2.45, 2.75) is 44.8 Å². The molecule has 4 rings (SSSR count). The first-order chi connectivity index (χ1) is 17.0. The van der Waals surface area contributed by atoms with E-state index < -0.39 is 23.3 Å². The molecule has 9 heteroatoms. The van der Waals surface area contributed by atoms with E-state index in [4.69, 9.17) is 5.26 Å². The van der Waals surface area contributed by atoms with Crippen LogP contribution in [-0.2, 0) is 22.2 Å². The number of rotatable bonds is 4. The fourth-order valence-corrected chi connectivity index (χ4v) is 5.47. The van der Waals surface area contributed by atoms with Crippen molar-refractivity contribution in [2.24, 2.45) is 5.41 Å². The number of benzene rings is 2. The summed E-state index contributed by atoms with van der Waals surface area (Å²) < 4.78 is 40.7. The van der Waals surface area contributed by atoms with Gasteiger partial charge >= 0.3 is 6.18 Å². The van der Waals surface area contributed by atoms with Crippen molar-refractivity contribution in [3.63, 3.8) is 0 Å². The lowest BCUT2D eigenvalue weighted by Gasteiger charge is -2.39. The van der Waals surface area contributed by atoms with Gasteiger partial charge < -0.3 is 15.1 Å². The number of piperidine rings is 1. The highest BCUT2D eigenvalue weighted by atomic mass is 19.4. The molecular formula is C27H29F3N4O2. The summed E-state index contributed by atoms with van der Waals surface area (Å²) in [6.45, 7) is 3.48. The Morgan fingerprint density at radius 2 is 1.89 bits per heavy atom. The van der Waals surface area contributed by atoms with Gasteiger partial charge in [0.2, 0.25) is 11.8 Å². The first-order valence-corrected chi connectivity index (χ1v) is 12.0. The van der Waals surface area contributed by atoms with Crippen LogP contribution in [-0.4, -0.2) is 49.4 Å². The van der Waals surface area contributed by atoms with Gasteiger partial charge in [-0.25, -0.2) is 0 Å². The van der Waals surface area contributed by atoms with Gasteiger partial charge in [0, 0.05) is 32.4 Å². The average molecular weight is 499 g/mol. The van der Waals surface area contributed by atoms with Crippen molar-refractivity contribution in [3.05, 3.63) is 64.7 Å². The summed E-state index contributed by atoms with van der Waals surface area (Å²) in [6, 6.07) is 12.4. The van der Waals surface area contributed by atoms with Gasteiger partial charge in [0.05, 0.1) is 23.6 Å². The number of hydrogen-bond donors (Lipinski definition) is 1. The highest BCUT2D eigenvalue weighted by Gasteiger charge is 2.48. The number of likely N-dealkylation sites (tertiary alicyclic amines) is 1. The molecule has 1 atom stereocenters. The molecule has 0 radical (unpaired) electrons. The van der Waals surface area contributed by atoms with E-state index >= 15 is 0 Å². The quantitative estimate of drug-likeness (QED) is 0.690. The van der Waals surface area contributed by atoms with E-state index in [1.165, 1.54) is 13.1 Å². The highest BCUT2D eigenvalue weighted by molar-refractivity contribution is 5.86. The summed E-state index contributed by atoms with van der Waals surface area (Å²) in [7, 11) is 1.51. The first-order valence-electron chi connectivity index (χ1n) is 12.0. The monoisotopic (exact) mass is 498 g/mol. The van der Waals surface area contributed by atoms with Gasteiger partial charge in [0.1, 0.15) is 6.04 Å². The van der Waals surface area contributed by atoms with Crippen molar-refractivity contribution in [3.8, 4) is 6.07 Å². The first kappa shape index (κ1) is 25.5. The number of hydrogen-bond acceptors (Lipinski definition) is 4. The molecule has 0 saturated carbocycles. The van der Waals surface area contributed by atoms with E-state index in [1.54, 1.807) is 11.0 Å². The molecule has 1 N–H and O–H groups in total. The van der Waals surface area contributed by atoms with Gasteiger partial charge in [0.25, 0.3) is 0 Å². The zero-order valence-corrected chi connectivity index (χ0v) is 20.4. The largest absolute Gasteiger partial charge is 0.417 e. The van der Waals surface area contributed by atoms with Crippen LogP contribution in [0.1, 0.15) is 41.5 Å². The molecule has 6 nitrogen and oxygen atoms in total. The fraction of sp³-hybridized carbons (Fsp3) is 0.444. The van der Waals surface area contributed by atoms with E-state index in [2.05, 4.69) is 5.32 Å². The Bertz CT molecular complexity index is 1200. The van der Waals surface area contributed by atoms with Crippen LogP contribution in [0.15, 0.2) is 42.5 Å². The van der Waals surface area contributed by atoms with E-state index in [1.807, 2.05) is 36.1 Å². The van der Waals surface area contributed by atoms with Crippen molar-refractivity contribution in [2.75, 3.05) is 31.6 Å². The maximum Gasteiger partial charge on any atom is 0.417 e. The third-order valence-corrected chi connectivity index (χ3v) is 7.43. The van der Waals surface area contributed by atoms with Crippen LogP contribution < -0.4 is 10.2 Å². The lowest BCUT2D eigenvalue weighted by atomic mass is 9.76. The molecule has 36 heavy (non-hydrogen) atoms. The van der Waals surface area contributed by atoms with E-state index in [0.717, 1.165) is 23.3 Å². The minimum Gasteiger partial charge on any atom is -0.359 e. The number of anilines is 1. The highest BCUT2D eigenvalue weighted by Crippen LogP contribution is 2.46. The molecule has 2 heterocycles. The average Bonchev–Trinajstić information content (AvgIpc) is 3.22. The lowest BCUT2D eigenvalue weighted by Crippen LogP contribution is -2.44. The lowest BCUT2D eigenvalue weighted by molar-refractivity contribution is -0.137. The number of halogens is 3. The third kappa shape index (κ3) is 5.18. The van der Waals surface area contributed by atoms with Crippen LogP contribution in [0.25, 0.3) is 0 Å². The molecule has 190 valence electrons. The second-order valence-corrected chi connectivity index (χ2v) is 9.85. The fourth-order valence-electron chi connectivity index (χ4n) is 5.47. The Labute approximate surface area is 208 Å². The van der Waals surface area contributed by atoms with Crippen LogP contribution in [0.5, 0.6) is 0 Å². The molecule has 0 bridgehead atoms. The molecule has 2 aromatic rings. The minimum atomic E-state index is -4.68. The van der Waals surface area contributed by atoms with E-state index in [-0.39, 0.29) is 22.9 Å². The molecule has 1 spiro atoms. The number of amides is 2. The molecule has 0 aliphatic carbocycles. The Kier molecular flexibility index (Phi) is 6.98. The molecule has 2 fully saturated rings. The van der Waals surface area contributed by atoms with Gasteiger partial charge in [-0.15, -0.1) is 0 Å². The summed E-state index contributed by atoms with van der Waals surface area (Å²) in [5, 5.41) is 11.8. The molecule has 2 amide bonds. The number of nitriles is 1. The van der Waals surface area contributed by atoms with Gasteiger partial charge in [-0.3, -0.25) is 9.59 Å². The standard InChI is InChI=1S/C27H29F3N4O2/c1-18-4-3-5-19(12-18)13-24(35)33-10-8-26(9-11-33)15-23(25(36)32-2)34(17-26)21-7-6-20(16-31)22(14-21)27(28,29)30/h3-7,12,14,23H,8-11,13,15,17H2,1-2H3,(H,32,36). The maximum absolute atomic E-state index is 13.6. The van der Waals surface area contributed by atoms with Gasteiger partial charge in [-0.1, -0.05) is 29.8 Å². The number of nitrogens with one attached hydrogen (secondary N) is 1. The second kappa shape index (κ2) is 9.84. The number of aryl methyl sites for hydroxylation is 1. The second-order valence-electron chi connectivity index (χ2n) is 9.85. The number of nitrogens with zero attached hydrogens (tertiary/aromatic N) is 3. The van der Waals surface area contributed by atoms with Crippen LogP contribution in [0.3, 0.4) is 0 Å².